The van der Waals surface area contributed by atoms with Gasteiger partial charge in [-0.05, 0) is 37.6 Å². The maximum absolute atomic E-state index is 11.7. The molecule has 2 N–H and O–H groups in total. The molecule has 0 heterocycles. The fourth-order valence-corrected chi connectivity index (χ4v) is 1.43. The smallest absolute Gasteiger partial charge is 0.279 e. The van der Waals surface area contributed by atoms with Crippen LogP contribution in [0.25, 0.3) is 0 Å². The zero-order chi connectivity index (χ0) is 15.0. The third kappa shape index (κ3) is 5.17. The van der Waals surface area contributed by atoms with E-state index in [1.54, 1.807) is 38.3 Å². The van der Waals surface area contributed by atoms with E-state index in [9.17, 15) is 9.59 Å². The Balaban J connectivity index is 2.42. The Morgan fingerprint density at radius 1 is 1.15 bits per heavy atom. The highest BCUT2D eigenvalue weighted by molar-refractivity contribution is 5.84. The summed E-state index contributed by atoms with van der Waals surface area (Å²) >= 11 is 0. The molecule has 2 amide bonds. The van der Waals surface area contributed by atoms with Gasteiger partial charge in [0.15, 0.2) is 6.10 Å². The number of methoxy groups -OCH3 is 1. The van der Waals surface area contributed by atoms with Crippen LogP contribution in [-0.4, -0.2) is 25.0 Å². The summed E-state index contributed by atoms with van der Waals surface area (Å²) in [7, 11) is 1.57. The number of rotatable bonds is 6. The van der Waals surface area contributed by atoms with Crippen LogP contribution in [0.1, 0.15) is 26.7 Å². The van der Waals surface area contributed by atoms with Gasteiger partial charge in [0.1, 0.15) is 11.5 Å². The van der Waals surface area contributed by atoms with Gasteiger partial charge in [0.25, 0.3) is 5.91 Å². The van der Waals surface area contributed by atoms with Crippen LogP contribution >= 0.6 is 0 Å². The van der Waals surface area contributed by atoms with Gasteiger partial charge in [-0.15, -0.1) is 0 Å². The Morgan fingerprint density at radius 2 is 1.75 bits per heavy atom. The molecule has 1 rings (SSSR count). The zero-order valence-electron chi connectivity index (χ0n) is 11.9. The van der Waals surface area contributed by atoms with E-state index in [0.717, 1.165) is 6.42 Å². The maximum Gasteiger partial charge on any atom is 0.279 e. The summed E-state index contributed by atoms with van der Waals surface area (Å²) in [5.41, 5.74) is 4.65. The molecule has 0 fully saturated rings. The number of hydrogen-bond acceptors (Lipinski definition) is 4. The molecule has 0 aromatic heterocycles. The van der Waals surface area contributed by atoms with Crippen molar-refractivity contribution in [2.45, 2.75) is 32.8 Å². The van der Waals surface area contributed by atoms with Crippen LogP contribution in [0.3, 0.4) is 0 Å². The molecule has 0 spiro atoms. The van der Waals surface area contributed by atoms with Gasteiger partial charge in [-0.2, -0.15) is 0 Å². The van der Waals surface area contributed by atoms with E-state index in [0.29, 0.717) is 17.9 Å². The highest BCUT2D eigenvalue weighted by Crippen LogP contribution is 2.18. The van der Waals surface area contributed by atoms with Gasteiger partial charge in [0.05, 0.1) is 7.11 Å². The van der Waals surface area contributed by atoms with Crippen LogP contribution in [0, 0.1) is 0 Å². The Morgan fingerprint density at radius 3 is 2.30 bits per heavy atom. The lowest BCUT2D eigenvalue weighted by Gasteiger charge is -2.15. The van der Waals surface area contributed by atoms with Gasteiger partial charge >= 0.3 is 0 Å². The van der Waals surface area contributed by atoms with Crippen molar-refractivity contribution in [3.63, 3.8) is 0 Å². The van der Waals surface area contributed by atoms with Crippen molar-refractivity contribution in [2.24, 2.45) is 0 Å². The minimum Gasteiger partial charge on any atom is -0.497 e. The first-order chi connectivity index (χ1) is 9.56. The molecule has 110 valence electrons. The maximum atomic E-state index is 11.7. The van der Waals surface area contributed by atoms with Crippen molar-refractivity contribution in [3.05, 3.63) is 24.3 Å². The molecule has 1 atom stereocenters. The molecular formula is C14H20N2O4. The van der Waals surface area contributed by atoms with E-state index in [1.807, 2.05) is 6.92 Å². The van der Waals surface area contributed by atoms with Gasteiger partial charge in [0.2, 0.25) is 5.91 Å². The summed E-state index contributed by atoms with van der Waals surface area (Å²) in [6.07, 6.45) is 0.374. The van der Waals surface area contributed by atoms with Crippen LogP contribution in [-0.2, 0) is 9.59 Å². The number of carbonyl (C=O) groups excluding carboxylic acids is 2. The Hall–Kier alpha value is -2.24. The normalized spacial score (nSPS) is 11.3. The van der Waals surface area contributed by atoms with Crippen LogP contribution in [0.5, 0.6) is 11.5 Å². The molecule has 0 aliphatic rings. The number of amides is 2. The molecule has 20 heavy (non-hydrogen) atoms. The van der Waals surface area contributed by atoms with Gasteiger partial charge < -0.3 is 9.47 Å². The molecule has 1 aromatic rings. The lowest BCUT2D eigenvalue weighted by molar-refractivity contribution is -0.132. The number of ether oxygens (including phenoxy) is 2. The highest BCUT2D eigenvalue weighted by Gasteiger charge is 2.15. The second-order valence-electron chi connectivity index (χ2n) is 4.22. The zero-order valence-corrected chi connectivity index (χ0v) is 11.9. The van der Waals surface area contributed by atoms with Crippen LogP contribution in [0.2, 0.25) is 0 Å². The SMILES string of the molecule is CCCC(=O)NNC(=O)C(C)Oc1ccc(OC)cc1. The van der Waals surface area contributed by atoms with Crippen molar-refractivity contribution in [1.29, 1.82) is 0 Å². The van der Waals surface area contributed by atoms with Crippen LogP contribution in [0.4, 0.5) is 0 Å². The molecule has 0 saturated heterocycles. The van der Waals surface area contributed by atoms with Gasteiger partial charge in [0, 0.05) is 6.42 Å². The molecule has 6 nitrogen and oxygen atoms in total. The summed E-state index contributed by atoms with van der Waals surface area (Å²) in [6.45, 7) is 3.49. The average Bonchev–Trinajstić information content (AvgIpc) is 2.45. The fourth-order valence-electron chi connectivity index (χ4n) is 1.43. The largest absolute Gasteiger partial charge is 0.497 e. The number of benzene rings is 1. The van der Waals surface area contributed by atoms with Crippen molar-refractivity contribution in [3.8, 4) is 11.5 Å². The first kappa shape index (κ1) is 15.8. The molecule has 6 heteroatoms. The summed E-state index contributed by atoms with van der Waals surface area (Å²) < 4.78 is 10.5. The lowest BCUT2D eigenvalue weighted by Crippen LogP contribution is -2.47. The minimum absolute atomic E-state index is 0.225. The van der Waals surface area contributed by atoms with E-state index in [-0.39, 0.29) is 5.91 Å². The molecule has 0 aliphatic heterocycles. The predicted octanol–water partition coefficient (Wildman–Crippen LogP) is 1.41. The topological polar surface area (TPSA) is 76.7 Å². The molecular weight excluding hydrogens is 260 g/mol. The van der Waals surface area contributed by atoms with Crippen molar-refractivity contribution in [2.75, 3.05) is 7.11 Å². The molecule has 1 aromatic carbocycles. The molecule has 0 aliphatic carbocycles. The Labute approximate surface area is 118 Å². The van der Waals surface area contributed by atoms with Gasteiger partial charge in [-0.3, -0.25) is 20.4 Å². The van der Waals surface area contributed by atoms with Gasteiger partial charge in [-0.25, -0.2) is 0 Å². The molecule has 0 saturated carbocycles. The third-order valence-electron chi connectivity index (χ3n) is 2.54. The first-order valence-corrected chi connectivity index (χ1v) is 6.46. The molecule has 0 radical (unpaired) electrons. The van der Waals surface area contributed by atoms with E-state index < -0.39 is 12.0 Å². The number of carbonyl (C=O) groups is 2. The second kappa shape index (κ2) is 8.04. The van der Waals surface area contributed by atoms with Crippen molar-refractivity contribution < 1.29 is 19.1 Å². The molecule has 1 unspecified atom stereocenters. The van der Waals surface area contributed by atoms with E-state index in [1.165, 1.54) is 0 Å². The van der Waals surface area contributed by atoms with E-state index >= 15 is 0 Å². The van der Waals surface area contributed by atoms with Gasteiger partial charge in [-0.1, -0.05) is 6.92 Å². The highest BCUT2D eigenvalue weighted by atomic mass is 16.5. The lowest BCUT2D eigenvalue weighted by atomic mass is 10.3. The quantitative estimate of drug-likeness (QED) is 0.772. The predicted molar refractivity (Wildman–Crippen MR) is 74.3 cm³/mol. The number of hydrogen-bond donors (Lipinski definition) is 2. The second-order valence-corrected chi connectivity index (χ2v) is 4.22. The number of nitrogens with one attached hydrogen (secondary N) is 2. The van der Waals surface area contributed by atoms with Crippen molar-refractivity contribution >= 4 is 11.8 Å². The van der Waals surface area contributed by atoms with E-state index in [4.69, 9.17) is 9.47 Å². The monoisotopic (exact) mass is 280 g/mol. The van der Waals surface area contributed by atoms with Crippen molar-refractivity contribution in [1.82, 2.24) is 10.9 Å². The summed E-state index contributed by atoms with van der Waals surface area (Å²) in [5.74, 6) is 0.623. The first-order valence-electron chi connectivity index (χ1n) is 6.46. The average molecular weight is 280 g/mol. The summed E-state index contributed by atoms with van der Waals surface area (Å²) in [5, 5.41) is 0. The molecule has 0 bridgehead atoms. The van der Waals surface area contributed by atoms with Crippen LogP contribution in [0.15, 0.2) is 24.3 Å². The summed E-state index contributed by atoms with van der Waals surface area (Å²) in [6, 6.07) is 6.89. The third-order valence-corrected chi connectivity index (χ3v) is 2.54. The minimum atomic E-state index is -0.717. The summed E-state index contributed by atoms with van der Waals surface area (Å²) in [4.78, 5) is 22.9. The number of hydrazine groups is 1. The Bertz CT molecular complexity index is 445. The van der Waals surface area contributed by atoms with E-state index in [2.05, 4.69) is 10.9 Å². The standard InChI is InChI=1S/C14H20N2O4/c1-4-5-13(17)15-16-14(18)10(2)20-12-8-6-11(19-3)7-9-12/h6-10H,4-5H2,1-3H3,(H,15,17)(H,16,18). The van der Waals surface area contributed by atoms with Crippen LogP contribution < -0.4 is 20.3 Å². The Kier molecular flexibility index (Phi) is 6.36. The fraction of sp³-hybridized carbons (Fsp3) is 0.429.